The molecule has 3 rings (SSSR count). The number of aryl methyl sites for hydroxylation is 1. The van der Waals surface area contributed by atoms with Gasteiger partial charge in [-0.05, 0) is 42.8 Å². The largest absolute Gasteiger partial charge is 0.495 e. The fourth-order valence-electron chi connectivity index (χ4n) is 2.70. The molecule has 3 amide bonds. The summed E-state index contributed by atoms with van der Waals surface area (Å²) in [7, 11) is 3.04. The summed E-state index contributed by atoms with van der Waals surface area (Å²) in [4.78, 5) is 28.0. The van der Waals surface area contributed by atoms with Gasteiger partial charge < -0.3 is 20.1 Å². The number of amides is 3. The number of aromatic nitrogens is 1. The van der Waals surface area contributed by atoms with Gasteiger partial charge in [-0.3, -0.25) is 20.6 Å². The number of urea groups is 1. The van der Waals surface area contributed by atoms with Gasteiger partial charge in [0, 0.05) is 30.4 Å². The van der Waals surface area contributed by atoms with Crippen molar-refractivity contribution in [2.45, 2.75) is 6.92 Å². The second kappa shape index (κ2) is 10.4. The molecule has 4 N–H and O–H groups in total. The molecule has 0 saturated carbocycles. The van der Waals surface area contributed by atoms with Gasteiger partial charge in [0.15, 0.2) is 0 Å². The fraction of sp³-hybridized carbons (Fsp3) is 0.136. The summed E-state index contributed by atoms with van der Waals surface area (Å²) in [6, 6.07) is 12.9. The van der Waals surface area contributed by atoms with Gasteiger partial charge in [-0.2, -0.15) is 0 Å². The van der Waals surface area contributed by atoms with Crippen molar-refractivity contribution in [1.82, 2.24) is 15.7 Å². The number of anilines is 2. The Balaban J connectivity index is 1.62. The molecule has 3 aromatic rings. The summed E-state index contributed by atoms with van der Waals surface area (Å²) >= 11 is 6.14. The molecule has 0 aliphatic carbocycles. The number of methoxy groups -OCH3 is 1. The highest BCUT2D eigenvalue weighted by Gasteiger charge is 2.11. The van der Waals surface area contributed by atoms with Crippen LogP contribution in [0.1, 0.15) is 16.1 Å². The van der Waals surface area contributed by atoms with Gasteiger partial charge in [0.1, 0.15) is 22.9 Å². The standard InChI is InChI=1S/C22H22ClN5O4/c1-13-9-20(31-3)18(12-17(13)23)26-22(30)28-27-14-5-4-6-15(10-14)32-16-7-8-25-19(11-16)21(29)24-2/h4-12,27H,1-3H3,(H,24,29)(H2,26,28,30). The molecule has 0 atom stereocenters. The molecule has 0 saturated heterocycles. The maximum Gasteiger partial charge on any atom is 0.337 e. The van der Waals surface area contributed by atoms with Gasteiger partial charge in [-0.25, -0.2) is 4.79 Å². The Hall–Kier alpha value is -3.98. The number of hydrogen-bond donors (Lipinski definition) is 4. The molecule has 0 unspecified atom stereocenters. The van der Waals surface area contributed by atoms with E-state index in [-0.39, 0.29) is 11.6 Å². The number of rotatable bonds is 7. The highest BCUT2D eigenvalue weighted by atomic mass is 35.5. The van der Waals surface area contributed by atoms with Crippen LogP contribution in [-0.4, -0.2) is 31.1 Å². The Morgan fingerprint density at radius 1 is 1.06 bits per heavy atom. The van der Waals surface area contributed by atoms with E-state index in [1.54, 1.807) is 42.5 Å². The average Bonchev–Trinajstić information content (AvgIpc) is 2.80. The van der Waals surface area contributed by atoms with Gasteiger partial charge in [-0.1, -0.05) is 17.7 Å². The quantitative estimate of drug-likeness (QED) is 0.394. The molecule has 166 valence electrons. The molecule has 0 bridgehead atoms. The lowest BCUT2D eigenvalue weighted by molar-refractivity contribution is 0.0958. The van der Waals surface area contributed by atoms with Gasteiger partial charge in [0.25, 0.3) is 5.91 Å². The van der Waals surface area contributed by atoms with E-state index in [9.17, 15) is 9.59 Å². The van der Waals surface area contributed by atoms with E-state index in [0.717, 1.165) is 5.56 Å². The average molecular weight is 456 g/mol. The van der Waals surface area contributed by atoms with Crippen LogP contribution >= 0.6 is 11.6 Å². The van der Waals surface area contributed by atoms with E-state index in [1.807, 2.05) is 6.92 Å². The lowest BCUT2D eigenvalue weighted by Crippen LogP contribution is -2.33. The first-order valence-electron chi connectivity index (χ1n) is 9.53. The van der Waals surface area contributed by atoms with Crippen LogP contribution in [0.3, 0.4) is 0 Å². The molecule has 2 aromatic carbocycles. The Morgan fingerprint density at radius 3 is 2.59 bits per heavy atom. The summed E-state index contributed by atoms with van der Waals surface area (Å²) in [5.41, 5.74) is 7.42. The Labute approximate surface area is 190 Å². The summed E-state index contributed by atoms with van der Waals surface area (Å²) in [6.45, 7) is 1.84. The number of carbonyl (C=O) groups is 2. The van der Waals surface area contributed by atoms with Gasteiger partial charge in [-0.15, -0.1) is 0 Å². The van der Waals surface area contributed by atoms with Crippen LogP contribution in [0, 0.1) is 6.92 Å². The maximum atomic E-state index is 12.3. The van der Waals surface area contributed by atoms with Crippen molar-refractivity contribution >= 4 is 34.9 Å². The number of ether oxygens (including phenoxy) is 2. The third kappa shape index (κ3) is 5.79. The topological polar surface area (TPSA) is 114 Å². The van der Waals surface area contributed by atoms with Crippen LogP contribution in [-0.2, 0) is 0 Å². The summed E-state index contributed by atoms with van der Waals surface area (Å²) in [5.74, 6) is 1.13. The smallest absolute Gasteiger partial charge is 0.337 e. The molecule has 0 aliphatic heterocycles. The van der Waals surface area contributed by atoms with E-state index in [1.165, 1.54) is 26.4 Å². The van der Waals surface area contributed by atoms with E-state index in [4.69, 9.17) is 21.1 Å². The van der Waals surface area contributed by atoms with Crippen molar-refractivity contribution in [3.8, 4) is 17.2 Å². The number of benzene rings is 2. The molecule has 0 spiro atoms. The zero-order valence-electron chi connectivity index (χ0n) is 17.7. The van der Waals surface area contributed by atoms with Crippen molar-refractivity contribution in [3.05, 3.63) is 71.0 Å². The van der Waals surface area contributed by atoms with E-state index in [0.29, 0.717) is 33.6 Å². The van der Waals surface area contributed by atoms with Crippen molar-refractivity contribution in [3.63, 3.8) is 0 Å². The molecular weight excluding hydrogens is 434 g/mol. The number of hydrazine groups is 1. The number of nitrogens with one attached hydrogen (secondary N) is 4. The first-order valence-corrected chi connectivity index (χ1v) is 9.90. The number of nitrogens with zero attached hydrogens (tertiary/aromatic N) is 1. The van der Waals surface area contributed by atoms with Crippen molar-refractivity contribution < 1.29 is 19.1 Å². The molecule has 0 aliphatic rings. The van der Waals surface area contributed by atoms with Crippen molar-refractivity contribution in [2.24, 2.45) is 0 Å². The third-order valence-corrected chi connectivity index (χ3v) is 4.72. The van der Waals surface area contributed by atoms with E-state index in [2.05, 4.69) is 26.5 Å². The van der Waals surface area contributed by atoms with Crippen LogP contribution in [0.5, 0.6) is 17.2 Å². The minimum Gasteiger partial charge on any atom is -0.495 e. The molecule has 0 radical (unpaired) electrons. The molecule has 0 fully saturated rings. The van der Waals surface area contributed by atoms with E-state index < -0.39 is 6.03 Å². The SMILES string of the molecule is CNC(=O)c1cc(Oc2cccc(NNC(=O)Nc3cc(Cl)c(C)cc3OC)c2)ccn1. The first-order chi connectivity index (χ1) is 15.4. The predicted molar refractivity (Wildman–Crippen MR) is 123 cm³/mol. The van der Waals surface area contributed by atoms with E-state index >= 15 is 0 Å². The third-order valence-electron chi connectivity index (χ3n) is 4.31. The highest BCUT2D eigenvalue weighted by molar-refractivity contribution is 6.31. The van der Waals surface area contributed by atoms with Crippen LogP contribution in [0.15, 0.2) is 54.7 Å². The molecule has 1 heterocycles. The van der Waals surface area contributed by atoms with Crippen LogP contribution in [0.2, 0.25) is 5.02 Å². The van der Waals surface area contributed by atoms with Crippen LogP contribution in [0.4, 0.5) is 16.2 Å². The number of halogens is 1. The minimum atomic E-state index is -0.515. The number of pyridine rings is 1. The fourth-order valence-corrected chi connectivity index (χ4v) is 2.87. The maximum absolute atomic E-state index is 12.3. The van der Waals surface area contributed by atoms with Gasteiger partial charge in [0.2, 0.25) is 0 Å². The highest BCUT2D eigenvalue weighted by Crippen LogP contribution is 2.31. The molecule has 9 nitrogen and oxygen atoms in total. The zero-order valence-corrected chi connectivity index (χ0v) is 18.4. The Morgan fingerprint density at radius 2 is 1.84 bits per heavy atom. The minimum absolute atomic E-state index is 0.240. The summed E-state index contributed by atoms with van der Waals surface area (Å²) < 4.78 is 11.1. The lowest BCUT2D eigenvalue weighted by atomic mass is 10.2. The first kappa shape index (κ1) is 22.7. The number of hydrogen-bond acceptors (Lipinski definition) is 6. The second-order valence-corrected chi connectivity index (χ2v) is 7.00. The Bertz CT molecular complexity index is 1140. The normalized spacial score (nSPS) is 10.1. The predicted octanol–water partition coefficient (Wildman–Crippen LogP) is 4.35. The van der Waals surface area contributed by atoms with Crippen LogP contribution < -0.4 is 31.0 Å². The molecular formula is C22H22ClN5O4. The lowest BCUT2D eigenvalue weighted by Gasteiger charge is -2.14. The molecule has 32 heavy (non-hydrogen) atoms. The van der Waals surface area contributed by atoms with Gasteiger partial charge in [0.05, 0.1) is 18.5 Å². The monoisotopic (exact) mass is 455 g/mol. The number of carbonyl (C=O) groups excluding carboxylic acids is 2. The zero-order chi connectivity index (χ0) is 23.1. The summed E-state index contributed by atoms with van der Waals surface area (Å²) in [6.07, 6.45) is 1.49. The van der Waals surface area contributed by atoms with Crippen LogP contribution in [0.25, 0.3) is 0 Å². The Kier molecular flexibility index (Phi) is 7.35. The molecule has 1 aromatic heterocycles. The molecule has 10 heteroatoms. The van der Waals surface area contributed by atoms with Gasteiger partial charge >= 0.3 is 6.03 Å². The van der Waals surface area contributed by atoms with Crippen molar-refractivity contribution in [1.29, 1.82) is 0 Å². The summed E-state index contributed by atoms with van der Waals surface area (Å²) in [5, 5.41) is 5.70. The van der Waals surface area contributed by atoms with Crippen molar-refractivity contribution in [2.75, 3.05) is 24.9 Å². The second-order valence-electron chi connectivity index (χ2n) is 6.59.